The zero-order valence-corrected chi connectivity index (χ0v) is 14.2. The summed E-state index contributed by atoms with van der Waals surface area (Å²) in [6.07, 6.45) is 0.750. The summed E-state index contributed by atoms with van der Waals surface area (Å²) in [6, 6.07) is 0. The molecule has 0 spiro atoms. The Morgan fingerprint density at radius 3 is 2.75 bits per heavy atom. The van der Waals surface area contributed by atoms with E-state index in [0.717, 1.165) is 27.9 Å². The molecule has 1 fully saturated rings. The van der Waals surface area contributed by atoms with Gasteiger partial charge in [-0.15, -0.1) is 0 Å². The molecule has 1 aliphatic heterocycles. The number of aliphatic hydroxyl groups excluding tert-OH is 1. The second-order valence-corrected chi connectivity index (χ2v) is 9.21. The Morgan fingerprint density at radius 2 is 2.20 bits per heavy atom. The van der Waals surface area contributed by atoms with E-state index in [4.69, 9.17) is 0 Å². The maximum absolute atomic E-state index is 12.2. The van der Waals surface area contributed by atoms with Crippen LogP contribution in [0.3, 0.4) is 0 Å². The molecule has 8 heteroatoms. The lowest BCUT2D eigenvalue weighted by atomic mass is 10.3. The van der Waals surface area contributed by atoms with Gasteiger partial charge >= 0.3 is 0 Å². The predicted octanol–water partition coefficient (Wildman–Crippen LogP) is 1.51. The van der Waals surface area contributed by atoms with Gasteiger partial charge in [0.25, 0.3) is 0 Å². The van der Waals surface area contributed by atoms with E-state index in [0.29, 0.717) is 12.3 Å². The van der Waals surface area contributed by atoms with Crippen LogP contribution in [0, 0.1) is 0 Å². The van der Waals surface area contributed by atoms with Gasteiger partial charge in [-0.05, 0) is 6.42 Å². The first-order valence-electron chi connectivity index (χ1n) is 6.68. The van der Waals surface area contributed by atoms with E-state index in [1.165, 1.54) is 11.3 Å². The van der Waals surface area contributed by atoms with Crippen molar-refractivity contribution >= 4 is 38.1 Å². The smallest absolute Gasteiger partial charge is 0.186 e. The summed E-state index contributed by atoms with van der Waals surface area (Å²) in [5.74, 6) is 1.64. The molecule has 1 unspecified atom stereocenters. The summed E-state index contributed by atoms with van der Waals surface area (Å²) in [5.41, 5.74) is 0.873. The number of thiazole rings is 1. The van der Waals surface area contributed by atoms with Gasteiger partial charge in [-0.1, -0.05) is 25.2 Å². The van der Waals surface area contributed by atoms with Gasteiger partial charge < -0.3 is 10.0 Å². The highest BCUT2D eigenvalue weighted by atomic mass is 32.2. The summed E-state index contributed by atoms with van der Waals surface area (Å²) in [4.78, 5) is 7.27. The van der Waals surface area contributed by atoms with Crippen molar-refractivity contribution in [3.63, 3.8) is 0 Å². The fraction of sp³-hybridized carbons (Fsp3) is 0.750. The molecule has 20 heavy (non-hydrogen) atoms. The predicted molar refractivity (Wildman–Crippen MR) is 85.3 cm³/mol. The molecular weight excluding hydrogens is 316 g/mol. The summed E-state index contributed by atoms with van der Waals surface area (Å²) in [7, 11) is -3.13. The molecule has 1 N–H and O–H groups in total. The van der Waals surface area contributed by atoms with E-state index in [1.54, 1.807) is 18.7 Å². The van der Waals surface area contributed by atoms with Gasteiger partial charge in [-0.2, -0.15) is 11.8 Å². The van der Waals surface area contributed by atoms with Crippen molar-refractivity contribution in [1.82, 2.24) is 4.98 Å². The minimum atomic E-state index is -3.13. The summed E-state index contributed by atoms with van der Waals surface area (Å²) >= 11 is 3.08. The fourth-order valence-corrected chi connectivity index (χ4v) is 6.30. The van der Waals surface area contributed by atoms with Crippen molar-refractivity contribution in [3.05, 3.63) is 10.6 Å². The van der Waals surface area contributed by atoms with Gasteiger partial charge in [0.15, 0.2) is 15.0 Å². The van der Waals surface area contributed by atoms with Crippen LogP contribution in [0.4, 0.5) is 5.13 Å². The zero-order valence-electron chi connectivity index (χ0n) is 11.7. The molecule has 0 saturated carbocycles. The van der Waals surface area contributed by atoms with Gasteiger partial charge in [-0.25, -0.2) is 13.4 Å². The van der Waals surface area contributed by atoms with Gasteiger partial charge in [0, 0.05) is 23.8 Å². The topological polar surface area (TPSA) is 70.5 Å². The van der Waals surface area contributed by atoms with Gasteiger partial charge in [0.1, 0.15) is 5.37 Å². The third-order valence-electron chi connectivity index (χ3n) is 3.39. The number of sulfone groups is 1. The molecule has 1 aromatic heterocycles. The second kappa shape index (κ2) is 6.64. The number of hydrogen-bond donors (Lipinski definition) is 1. The van der Waals surface area contributed by atoms with Crippen molar-refractivity contribution in [1.29, 1.82) is 0 Å². The van der Waals surface area contributed by atoms with E-state index >= 15 is 0 Å². The largest absolute Gasteiger partial charge is 0.391 e. The Bertz CT molecular complexity index is 535. The fourth-order valence-electron chi connectivity index (χ4n) is 2.18. The van der Waals surface area contributed by atoms with Crippen molar-refractivity contribution in [2.24, 2.45) is 0 Å². The van der Waals surface area contributed by atoms with Crippen LogP contribution in [-0.4, -0.2) is 47.7 Å². The molecule has 0 amide bonds. The molecule has 0 radical (unpaired) electrons. The first-order valence-corrected chi connectivity index (χ1v) is 10.4. The second-order valence-electron chi connectivity index (χ2n) is 4.55. The standard InChI is InChI=1S/C12H20N2O3S3/c1-3-9-10(7-15)19-12(13-9)14-5-6-18-8-11(14)20(16,17)4-2/h11,15H,3-8H2,1-2H3. The van der Waals surface area contributed by atoms with Crippen molar-refractivity contribution in [3.8, 4) is 0 Å². The summed E-state index contributed by atoms with van der Waals surface area (Å²) < 4.78 is 24.5. The number of anilines is 1. The molecular formula is C12H20N2O3S3. The SMILES string of the molecule is CCc1nc(N2CCSCC2S(=O)(=O)CC)sc1CO. The Kier molecular flexibility index (Phi) is 5.33. The molecule has 2 heterocycles. The van der Waals surface area contributed by atoms with Crippen LogP contribution in [0.25, 0.3) is 0 Å². The molecule has 1 aromatic rings. The van der Waals surface area contributed by atoms with Crippen LogP contribution in [0.1, 0.15) is 24.4 Å². The molecule has 1 atom stereocenters. The maximum atomic E-state index is 12.2. The number of aliphatic hydroxyl groups is 1. The van der Waals surface area contributed by atoms with Gasteiger partial charge in [0.05, 0.1) is 17.2 Å². The van der Waals surface area contributed by atoms with E-state index in [-0.39, 0.29) is 12.4 Å². The Morgan fingerprint density at radius 1 is 1.45 bits per heavy atom. The molecule has 0 aromatic carbocycles. The lowest BCUT2D eigenvalue weighted by molar-refractivity contribution is 0.284. The van der Waals surface area contributed by atoms with Crippen LogP contribution in [0.15, 0.2) is 0 Å². The monoisotopic (exact) mass is 336 g/mol. The third-order valence-corrected chi connectivity index (χ3v) is 7.80. The average molecular weight is 337 g/mol. The lowest BCUT2D eigenvalue weighted by Gasteiger charge is -2.34. The molecule has 0 bridgehead atoms. The number of rotatable bonds is 5. The average Bonchev–Trinajstić information content (AvgIpc) is 2.90. The van der Waals surface area contributed by atoms with E-state index in [9.17, 15) is 13.5 Å². The van der Waals surface area contributed by atoms with Crippen molar-refractivity contribution < 1.29 is 13.5 Å². The molecule has 1 aliphatic rings. The van der Waals surface area contributed by atoms with Crippen LogP contribution in [0.2, 0.25) is 0 Å². The summed E-state index contributed by atoms with van der Waals surface area (Å²) in [6.45, 7) is 4.33. The number of hydrogen-bond acceptors (Lipinski definition) is 7. The molecule has 2 rings (SSSR count). The van der Waals surface area contributed by atoms with Crippen LogP contribution >= 0.6 is 23.1 Å². The number of aryl methyl sites for hydroxylation is 1. The first-order chi connectivity index (χ1) is 9.53. The van der Waals surface area contributed by atoms with E-state index in [2.05, 4.69) is 4.98 Å². The molecule has 0 aliphatic carbocycles. The Labute approximate surface area is 128 Å². The van der Waals surface area contributed by atoms with Gasteiger partial charge in [0.2, 0.25) is 0 Å². The highest BCUT2D eigenvalue weighted by Gasteiger charge is 2.34. The lowest BCUT2D eigenvalue weighted by Crippen LogP contribution is -2.48. The van der Waals surface area contributed by atoms with Crippen molar-refractivity contribution in [2.75, 3.05) is 28.7 Å². The summed E-state index contributed by atoms with van der Waals surface area (Å²) in [5, 5.41) is 9.60. The van der Waals surface area contributed by atoms with Crippen molar-refractivity contribution in [2.45, 2.75) is 32.2 Å². The molecule has 114 valence electrons. The number of nitrogens with zero attached hydrogens (tertiary/aromatic N) is 2. The van der Waals surface area contributed by atoms with Crippen LogP contribution in [0.5, 0.6) is 0 Å². The number of thioether (sulfide) groups is 1. The minimum absolute atomic E-state index is 0.0331. The normalized spacial score (nSPS) is 20.4. The maximum Gasteiger partial charge on any atom is 0.186 e. The van der Waals surface area contributed by atoms with E-state index in [1.807, 2.05) is 11.8 Å². The Hall–Kier alpha value is -0.310. The minimum Gasteiger partial charge on any atom is -0.391 e. The Balaban J connectivity index is 2.35. The van der Waals surface area contributed by atoms with Gasteiger partial charge in [-0.3, -0.25) is 0 Å². The third kappa shape index (κ3) is 3.13. The highest BCUT2D eigenvalue weighted by Crippen LogP contribution is 2.32. The quantitative estimate of drug-likeness (QED) is 0.879. The van der Waals surface area contributed by atoms with Crippen LogP contribution < -0.4 is 4.90 Å². The first kappa shape index (κ1) is 16.1. The molecule has 1 saturated heterocycles. The number of aromatic nitrogens is 1. The zero-order chi connectivity index (χ0) is 14.8. The van der Waals surface area contributed by atoms with E-state index < -0.39 is 15.2 Å². The molecule has 5 nitrogen and oxygen atoms in total. The highest BCUT2D eigenvalue weighted by molar-refractivity contribution is 8.01. The van der Waals surface area contributed by atoms with Crippen LogP contribution in [-0.2, 0) is 22.9 Å².